The van der Waals surface area contributed by atoms with Crippen molar-refractivity contribution < 1.29 is 55.8 Å². The number of carbonyl (C=O) groups is 6. The van der Waals surface area contributed by atoms with E-state index in [1.165, 1.54) is 53.3 Å². The van der Waals surface area contributed by atoms with Gasteiger partial charge in [-0.3, -0.25) is 28.8 Å². The molecule has 0 atom stereocenters. The third-order valence-electron chi connectivity index (χ3n) is 21.8. The molecular weight excluding hydrogens is 1480 g/mol. The second kappa shape index (κ2) is 29.7. The van der Waals surface area contributed by atoms with E-state index in [1.807, 2.05) is 66.7 Å². The number of carbonyl (C=O) groups excluding carboxylic acids is 6. The van der Waals surface area contributed by atoms with Gasteiger partial charge in [0.05, 0.1) is 62.9 Å². The fourth-order valence-corrected chi connectivity index (χ4v) is 16.0. The number of rotatable bonds is 8. The van der Waals surface area contributed by atoms with E-state index in [1.54, 1.807) is 83.3 Å². The highest BCUT2D eigenvalue weighted by Gasteiger charge is 2.52. The van der Waals surface area contributed by atoms with Crippen LogP contribution < -0.4 is 5.32 Å². The van der Waals surface area contributed by atoms with Crippen LogP contribution in [0.5, 0.6) is 0 Å². The van der Waals surface area contributed by atoms with Crippen molar-refractivity contribution in [3.05, 3.63) is 184 Å². The molecule has 2 aliphatic carbocycles. The lowest BCUT2D eigenvalue weighted by Crippen LogP contribution is -2.65. The van der Waals surface area contributed by atoms with Crippen LogP contribution in [0, 0.1) is 17.6 Å². The average Bonchev–Trinajstić information content (AvgIpc) is 1.68. The van der Waals surface area contributed by atoms with Crippen LogP contribution in [-0.4, -0.2) is 193 Å². The molecule has 30 heteroatoms. The first-order valence-electron chi connectivity index (χ1n) is 37.8. The number of amides is 6. The number of fused-ring (bicyclic) bond motifs is 3. The lowest BCUT2D eigenvalue weighted by atomic mass is 9.71. The van der Waals surface area contributed by atoms with Crippen LogP contribution in [0.3, 0.4) is 0 Å². The third-order valence-corrected chi connectivity index (χ3v) is 22.1. The summed E-state index contributed by atoms with van der Waals surface area (Å²) in [5.41, 5.74) is 4.11. The molecule has 3 aliphatic heterocycles. The lowest BCUT2D eigenvalue weighted by Gasteiger charge is -2.49. The average molecular weight is 1570 g/mol. The van der Waals surface area contributed by atoms with Crippen molar-refractivity contribution in [3.63, 3.8) is 0 Å². The molecule has 594 valence electrons. The maximum absolute atomic E-state index is 13.8. The Morgan fingerprint density at radius 3 is 1.37 bits per heavy atom. The molecular formula is C83H93ClF5N17O7. The summed E-state index contributed by atoms with van der Waals surface area (Å²) in [6, 6.07) is 22.8. The van der Waals surface area contributed by atoms with Crippen LogP contribution in [0.15, 0.2) is 122 Å². The molecule has 10 aromatic rings. The van der Waals surface area contributed by atoms with Gasteiger partial charge in [-0.1, -0.05) is 98.9 Å². The Bertz CT molecular complexity index is 5360. The minimum atomic E-state index is -4.43. The van der Waals surface area contributed by atoms with Gasteiger partial charge in [0.25, 0.3) is 23.6 Å². The molecule has 5 aliphatic rings. The molecule has 3 aromatic carbocycles. The second-order valence-electron chi connectivity index (χ2n) is 34.6. The molecule has 3 saturated heterocycles. The zero-order chi connectivity index (χ0) is 81.6. The number of hydrogen-bond donors (Lipinski definition) is 2. The van der Waals surface area contributed by atoms with E-state index in [0.29, 0.717) is 123 Å². The SMILES string of the molecule is CC(C)(C)c1cc(-c2ccc(F)c(Cl)c2)nn2cc(C(=O)N3CCN(C(=O)c4ncccn4)CC3(C)C)nc12.CC(C)(C)c1cc(-c2ccc(F)cc2)nn2cc(C(=O)N3CCNC(=O)C34CCCC4)nc12.CC1(O)CC(C(=O)N2CCN(C(=O)c3cn4nc(-c5ccc(C(F)(F)F)cc5)cc(C(C)(C)C)c4n3)C(C)(C)C2)C1. The predicted octanol–water partition coefficient (Wildman–Crippen LogP) is 13.3. The van der Waals surface area contributed by atoms with E-state index in [9.17, 15) is 55.8 Å². The molecule has 5 fully saturated rings. The zero-order valence-corrected chi connectivity index (χ0v) is 66.6. The summed E-state index contributed by atoms with van der Waals surface area (Å²) in [4.78, 5) is 111. The summed E-state index contributed by atoms with van der Waals surface area (Å²) < 4.78 is 71.2. The van der Waals surface area contributed by atoms with E-state index in [2.05, 4.69) is 77.1 Å². The Balaban J connectivity index is 0.000000149. The number of aliphatic hydroxyl groups is 1. The van der Waals surface area contributed by atoms with Crippen LogP contribution in [0.25, 0.3) is 50.7 Å². The molecule has 15 rings (SSSR count). The molecule has 2 saturated carbocycles. The summed E-state index contributed by atoms with van der Waals surface area (Å²) in [6.45, 7) is 30.8. The molecule has 2 N–H and O–H groups in total. The maximum Gasteiger partial charge on any atom is 0.416 e. The number of imidazole rings is 3. The van der Waals surface area contributed by atoms with Crippen LogP contribution >= 0.6 is 11.6 Å². The van der Waals surface area contributed by atoms with Crippen LogP contribution in [0.1, 0.15) is 200 Å². The number of halogens is 6. The Hall–Kier alpha value is -10.7. The van der Waals surface area contributed by atoms with E-state index in [4.69, 9.17) is 21.6 Å². The Labute approximate surface area is 656 Å². The van der Waals surface area contributed by atoms with Crippen LogP contribution in [0.2, 0.25) is 5.02 Å². The van der Waals surface area contributed by atoms with Crippen molar-refractivity contribution in [1.82, 2.24) is 83.6 Å². The quantitative estimate of drug-likeness (QED) is 0.134. The Kier molecular flexibility index (Phi) is 21.1. The van der Waals surface area contributed by atoms with Crippen molar-refractivity contribution in [2.24, 2.45) is 5.92 Å². The number of benzene rings is 3. The first kappa shape index (κ1) is 80.4. The van der Waals surface area contributed by atoms with Crippen LogP contribution in [0.4, 0.5) is 22.0 Å². The first-order valence-corrected chi connectivity index (χ1v) is 38.2. The molecule has 7 aromatic heterocycles. The van der Waals surface area contributed by atoms with Gasteiger partial charge in [0.2, 0.25) is 17.6 Å². The van der Waals surface area contributed by atoms with Gasteiger partial charge in [-0.2, -0.15) is 28.5 Å². The molecule has 113 heavy (non-hydrogen) atoms. The number of piperazine rings is 3. The first-order chi connectivity index (χ1) is 52.9. The predicted molar refractivity (Wildman–Crippen MR) is 415 cm³/mol. The minimum Gasteiger partial charge on any atom is -0.390 e. The molecule has 6 amide bonds. The van der Waals surface area contributed by atoms with E-state index >= 15 is 0 Å². The van der Waals surface area contributed by atoms with Gasteiger partial charge < -0.3 is 34.9 Å². The van der Waals surface area contributed by atoms with E-state index in [0.717, 1.165) is 47.2 Å². The van der Waals surface area contributed by atoms with E-state index in [-0.39, 0.29) is 85.9 Å². The number of alkyl halides is 3. The summed E-state index contributed by atoms with van der Waals surface area (Å²) >= 11 is 6.03. The molecule has 0 radical (unpaired) electrons. The van der Waals surface area contributed by atoms with Gasteiger partial charge in [0.15, 0.2) is 16.9 Å². The minimum absolute atomic E-state index is 0.00638. The monoisotopic (exact) mass is 1570 g/mol. The highest BCUT2D eigenvalue weighted by atomic mass is 35.5. The summed E-state index contributed by atoms with van der Waals surface area (Å²) in [5.74, 6) is -1.96. The smallest absolute Gasteiger partial charge is 0.390 e. The molecule has 0 unspecified atom stereocenters. The van der Waals surface area contributed by atoms with Gasteiger partial charge in [0, 0.05) is 104 Å². The summed E-state index contributed by atoms with van der Waals surface area (Å²) in [5, 5.41) is 27.0. The topological polar surface area (TPSA) is 267 Å². The Morgan fingerprint density at radius 1 is 0.531 bits per heavy atom. The fourth-order valence-electron chi connectivity index (χ4n) is 15.8. The number of aromatic nitrogens is 11. The standard InChI is InChI=1S/C30H36F3N5O3.C28H29ClFN7O2.C25H28FN5O2/c1-27(2,3)21-13-22(18-7-9-20(10-8-18)30(31,32)33)35-38-16-23(34-24(21)38)26(40)37-12-11-36(17-28(37,4)5)25(39)19-14-29(6,41)15-19;1-27(2,3)18-14-21(17-7-8-20(30)19(29)13-17)34-37-15-22(33-24(18)37)25(38)36-12-11-35(16-28(36,4)5)26(39)23-31-9-6-10-32-23;1-24(2,3)18-14-19(16-6-8-17(26)9-7-16)29-31-15-20(28-21(18)31)22(32)30-13-12-27-23(33)25(30)10-4-5-11-25/h7-10,13,16,19,41H,11-12,14-15,17H2,1-6H3;6-10,13-15H,11-12,16H2,1-5H3;6-9,14-15H,4-5,10-13H2,1-3H3,(H,27,33). The van der Waals surface area contributed by atoms with Gasteiger partial charge >= 0.3 is 6.18 Å². The highest BCUT2D eigenvalue weighted by Crippen LogP contribution is 2.42. The van der Waals surface area contributed by atoms with E-state index < -0.39 is 45.2 Å². The molecule has 0 bridgehead atoms. The van der Waals surface area contributed by atoms with Crippen molar-refractivity contribution in [2.75, 3.05) is 52.4 Å². The van der Waals surface area contributed by atoms with Crippen LogP contribution in [-0.2, 0) is 32.0 Å². The summed E-state index contributed by atoms with van der Waals surface area (Å²) in [7, 11) is 0. The lowest BCUT2D eigenvalue weighted by molar-refractivity contribution is -0.153. The normalized spacial score (nSPS) is 19.0. The number of hydrogen-bond acceptors (Lipinski definition) is 15. The number of nitrogens with one attached hydrogen (secondary N) is 1. The van der Waals surface area contributed by atoms with Crippen molar-refractivity contribution >= 4 is 64.0 Å². The van der Waals surface area contributed by atoms with Gasteiger partial charge in [-0.15, -0.1) is 0 Å². The largest absolute Gasteiger partial charge is 0.416 e. The second-order valence-corrected chi connectivity index (χ2v) is 35.0. The molecule has 1 spiro atoms. The summed E-state index contributed by atoms with van der Waals surface area (Å²) in [6.07, 6.45) is 7.57. The van der Waals surface area contributed by atoms with Crippen molar-refractivity contribution in [3.8, 4) is 33.8 Å². The third kappa shape index (κ3) is 16.3. The van der Waals surface area contributed by atoms with Gasteiger partial charge in [-0.25, -0.2) is 47.2 Å². The fraction of sp³-hybridized carbons (Fsp3) is 0.446. The maximum atomic E-state index is 13.8. The van der Waals surface area contributed by atoms with Gasteiger partial charge in [-0.05, 0) is 155 Å². The van der Waals surface area contributed by atoms with Crippen molar-refractivity contribution in [1.29, 1.82) is 0 Å². The molecule has 10 heterocycles. The Morgan fingerprint density at radius 2 is 0.947 bits per heavy atom. The highest BCUT2D eigenvalue weighted by molar-refractivity contribution is 6.31. The number of nitrogens with zero attached hydrogens (tertiary/aromatic N) is 16. The zero-order valence-electron chi connectivity index (χ0n) is 65.8. The van der Waals surface area contributed by atoms with Gasteiger partial charge in [0.1, 0.15) is 34.3 Å². The van der Waals surface area contributed by atoms with Crippen molar-refractivity contribution in [2.45, 2.75) is 180 Å². The molecule has 24 nitrogen and oxygen atoms in total.